The number of benzene rings is 2. The average molecular weight is 383 g/mol. The third-order valence-corrected chi connectivity index (χ3v) is 6.34. The number of nitrogens with zero attached hydrogens (tertiary/aromatic N) is 3. The van der Waals surface area contributed by atoms with Crippen LogP contribution in [0, 0.1) is 0 Å². The molecule has 4 nitrogen and oxygen atoms in total. The minimum absolute atomic E-state index is 0.270. The highest BCUT2D eigenvalue weighted by Crippen LogP contribution is 2.47. The van der Waals surface area contributed by atoms with Crippen LogP contribution in [0.25, 0.3) is 0 Å². The van der Waals surface area contributed by atoms with Gasteiger partial charge in [-0.25, -0.2) is 0 Å². The molecule has 1 fully saturated rings. The molecule has 29 heavy (non-hydrogen) atoms. The van der Waals surface area contributed by atoms with Crippen molar-refractivity contribution in [3.63, 3.8) is 0 Å². The Morgan fingerprint density at radius 2 is 1.66 bits per heavy atom. The number of likely N-dealkylation sites (tertiary alicyclic amines) is 1. The molecule has 3 heterocycles. The van der Waals surface area contributed by atoms with E-state index in [0.717, 1.165) is 44.7 Å². The fourth-order valence-electron chi connectivity index (χ4n) is 4.87. The van der Waals surface area contributed by atoms with Crippen LogP contribution in [-0.2, 0) is 23.2 Å². The van der Waals surface area contributed by atoms with E-state index in [4.69, 9.17) is 0 Å². The average Bonchev–Trinajstić information content (AvgIpc) is 3.29. The van der Waals surface area contributed by atoms with Gasteiger partial charge in [0.05, 0.1) is 5.41 Å². The normalized spacial score (nSPS) is 21.1. The molecule has 2 aromatic carbocycles. The van der Waals surface area contributed by atoms with Crippen LogP contribution in [0.2, 0.25) is 0 Å². The van der Waals surface area contributed by atoms with E-state index < -0.39 is 5.41 Å². The van der Waals surface area contributed by atoms with Gasteiger partial charge < -0.3 is 4.90 Å². The zero-order valence-electron chi connectivity index (χ0n) is 16.5. The molecule has 0 radical (unpaired) electrons. The van der Waals surface area contributed by atoms with Crippen molar-refractivity contribution in [1.82, 2.24) is 9.88 Å². The summed E-state index contributed by atoms with van der Waals surface area (Å²) in [4.78, 5) is 22.2. The van der Waals surface area contributed by atoms with E-state index in [9.17, 15) is 4.79 Å². The predicted octanol–water partition coefficient (Wildman–Crippen LogP) is 3.81. The fourth-order valence-corrected chi connectivity index (χ4v) is 4.87. The number of anilines is 1. The molecule has 0 N–H and O–H groups in total. The number of hydrogen-bond donors (Lipinski definition) is 0. The number of carbonyl (C=O) groups excluding carboxylic acids is 1. The first kappa shape index (κ1) is 18.1. The van der Waals surface area contributed by atoms with E-state index in [2.05, 4.69) is 64.5 Å². The van der Waals surface area contributed by atoms with E-state index in [1.165, 1.54) is 16.7 Å². The molecule has 146 valence electrons. The molecular formula is C25H25N3O. The van der Waals surface area contributed by atoms with Crippen LogP contribution < -0.4 is 4.90 Å². The monoisotopic (exact) mass is 383 g/mol. The van der Waals surface area contributed by atoms with Crippen molar-refractivity contribution in [2.45, 2.75) is 24.8 Å². The van der Waals surface area contributed by atoms with Crippen molar-refractivity contribution in [2.24, 2.45) is 0 Å². The molecule has 0 saturated carbocycles. The molecule has 1 unspecified atom stereocenters. The number of aromatic nitrogens is 1. The molecule has 1 spiro atoms. The van der Waals surface area contributed by atoms with Crippen molar-refractivity contribution < 1.29 is 4.79 Å². The third-order valence-electron chi connectivity index (χ3n) is 6.34. The quantitative estimate of drug-likeness (QED) is 0.672. The van der Waals surface area contributed by atoms with Gasteiger partial charge in [-0.2, -0.15) is 0 Å². The van der Waals surface area contributed by atoms with Gasteiger partial charge >= 0.3 is 0 Å². The first-order valence-electron chi connectivity index (χ1n) is 10.3. The van der Waals surface area contributed by atoms with Gasteiger partial charge in [-0.1, -0.05) is 48.5 Å². The summed E-state index contributed by atoms with van der Waals surface area (Å²) in [5.74, 6) is 0.270. The van der Waals surface area contributed by atoms with E-state index in [1.807, 2.05) is 29.4 Å². The summed E-state index contributed by atoms with van der Waals surface area (Å²) in [5, 5.41) is 0. The topological polar surface area (TPSA) is 36.4 Å². The Morgan fingerprint density at radius 1 is 0.897 bits per heavy atom. The van der Waals surface area contributed by atoms with Gasteiger partial charge in [-0.05, 0) is 54.3 Å². The number of hydrogen-bond acceptors (Lipinski definition) is 3. The second-order valence-corrected chi connectivity index (χ2v) is 8.11. The van der Waals surface area contributed by atoms with Crippen LogP contribution in [0.15, 0.2) is 79.1 Å². The van der Waals surface area contributed by atoms with Crippen LogP contribution in [0.3, 0.4) is 0 Å². The molecule has 0 bridgehead atoms. The Morgan fingerprint density at radius 3 is 2.48 bits per heavy atom. The molecule has 1 amide bonds. The summed E-state index contributed by atoms with van der Waals surface area (Å²) in [6.45, 7) is 3.32. The van der Waals surface area contributed by atoms with Crippen LogP contribution in [0.1, 0.15) is 23.1 Å². The zero-order chi connectivity index (χ0) is 19.7. The van der Waals surface area contributed by atoms with Crippen molar-refractivity contribution in [1.29, 1.82) is 0 Å². The molecule has 2 aliphatic rings. The maximum Gasteiger partial charge on any atom is 0.239 e. The Labute approximate surface area is 171 Å². The Kier molecular flexibility index (Phi) is 4.64. The van der Waals surface area contributed by atoms with E-state index >= 15 is 0 Å². The Bertz CT molecular complexity index is 1000. The van der Waals surface area contributed by atoms with Gasteiger partial charge in [-0.15, -0.1) is 0 Å². The summed E-state index contributed by atoms with van der Waals surface area (Å²) in [7, 11) is 0. The minimum atomic E-state index is -0.402. The maximum atomic E-state index is 13.7. The van der Waals surface area contributed by atoms with Gasteiger partial charge in [0.25, 0.3) is 0 Å². The van der Waals surface area contributed by atoms with Crippen LogP contribution >= 0.6 is 0 Å². The predicted molar refractivity (Wildman–Crippen MR) is 115 cm³/mol. The van der Waals surface area contributed by atoms with Gasteiger partial charge in [0.2, 0.25) is 5.91 Å². The van der Waals surface area contributed by atoms with E-state index in [1.54, 1.807) is 0 Å². The largest absolute Gasteiger partial charge is 0.311 e. The van der Waals surface area contributed by atoms with E-state index in [0.29, 0.717) is 0 Å². The van der Waals surface area contributed by atoms with Crippen LogP contribution in [0.4, 0.5) is 5.69 Å². The van der Waals surface area contributed by atoms with Gasteiger partial charge in [-0.3, -0.25) is 14.7 Å². The highest BCUT2D eigenvalue weighted by Gasteiger charge is 2.53. The lowest BCUT2D eigenvalue weighted by atomic mass is 9.81. The second kappa shape index (κ2) is 7.45. The highest BCUT2D eigenvalue weighted by molar-refractivity contribution is 6.08. The number of amides is 1. The van der Waals surface area contributed by atoms with Gasteiger partial charge in [0.15, 0.2) is 0 Å². The van der Waals surface area contributed by atoms with Crippen LogP contribution in [0.5, 0.6) is 0 Å². The number of rotatable bonds is 5. The third kappa shape index (κ3) is 3.23. The molecule has 0 aliphatic carbocycles. The summed E-state index contributed by atoms with van der Waals surface area (Å²) >= 11 is 0. The highest BCUT2D eigenvalue weighted by atomic mass is 16.2. The fraction of sp³-hybridized carbons (Fsp3) is 0.280. The van der Waals surface area contributed by atoms with E-state index in [-0.39, 0.29) is 5.91 Å². The number of pyridine rings is 1. The van der Waals surface area contributed by atoms with Gasteiger partial charge in [0, 0.05) is 37.7 Å². The molecule has 4 heteroatoms. The summed E-state index contributed by atoms with van der Waals surface area (Å²) in [6, 6.07) is 22.9. The van der Waals surface area contributed by atoms with Crippen LogP contribution in [-0.4, -0.2) is 35.4 Å². The second-order valence-electron chi connectivity index (χ2n) is 8.11. The Balaban J connectivity index is 1.39. The summed E-state index contributed by atoms with van der Waals surface area (Å²) in [6.07, 6.45) is 5.43. The number of carbonyl (C=O) groups is 1. The smallest absolute Gasteiger partial charge is 0.239 e. The maximum absolute atomic E-state index is 13.7. The van der Waals surface area contributed by atoms with Crippen molar-refractivity contribution in [2.75, 3.05) is 24.5 Å². The summed E-state index contributed by atoms with van der Waals surface area (Å²) < 4.78 is 0. The van der Waals surface area contributed by atoms with Crippen molar-refractivity contribution >= 4 is 11.6 Å². The SMILES string of the molecule is O=C1N(CCc2ccccc2)c2ccccc2C12CCN(Cc1ccncc1)C2. The molecular weight excluding hydrogens is 358 g/mol. The molecule has 1 saturated heterocycles. The first-order chi connectivity index (χ1) is 14.3. The number of fused-ring (bicyclic) bond motifs is 2. The molecule has 1 atom stereocenters. The van der Waals surface area contributed by atoms with Gasteiger partial charge in [0.1, 0.15) is 0 Å². The summed E-state index contributed by atoms with van der Waals surface area (Å²) in [5.41, 5.74) is 4.41. The standard InChI is InChI=1S/C25H25N3O/c29-24-25(13-17-27(19-25)18-21-10-14-26-15-11-21)22-8-4-5-9-23(22)28(24)16-12-20-6-2-1-3-7-20/h1-11,14-15H,12-13,16-19H2. The molecule has 5 rings (SSSR count). The molecule has 3 aromatic rings. The lowest BCUT2D eigenvalue weighted by Gasteiger charge is -2.25. The minimum Gasteiger partial charge on any atom is -0.311 e. The zero-order valence-corrected chi connectivity index (χ0v) is 16.5. The molecule has 2 aliphatic heterocycles. The lowest BCUT2D eigenvalue weighted by molar-refractivity contribution is -0.122. The molecule has 1 aromatic heterocycles. The number of para-hydroxylation sites is 1. The van der Waals surface area contributed by atoms with Crippen molar-refractivity contribution in [3.05, 3.63) is 95.8 Å². The Hall–Kier alpha value is -2.98. The first-order valence-corrected chi connectivity index (χ1v) is 10.3. The lowest BCUT2D eigenvalue weighted by Crippen LogP contribution is -2.43. The van der Waals surface area contributed by atoms with Crippen molar-refractivity contribution in [3.8, 4) is 0 Å².